The van der Waals surface area contributed by atoms with E-state index in [0.717, 1.165) is 5.56 Å². The minimum absolute atomic E-state index is 0.0393. The third-order valence-electron chi connectivity index (χ3n) is 3.65. The molecule has 0 unspecified atom stereocenters. The maximum Gasteiger partial charge on any atom is 0.330 e. The zero-order chi connectivity index (χ0) is 16.7. The summed E-state index contributed by atoms with van der Waals surface area (Å²) in [4.78, 5) is 26.6. The second-order valence-electron chi connectivity index (χ2n) is 5.24. The molecule has 1 aromatic heterocycles. The van der Waals surface area contributed by atoms with Crippen molar-refractivity contribution in [1.82, 2.24) is 9.55 Å². The van der Waals surface area contributed by atoms with Crippen LogP contribution in [0.25, 0.3) is 0 Å². The Morgan fingerprint density at radius 1 is 1.22 bits per heavy atom. The number of nitrogens with one attached hydrogen (secondary N) is 1. The predicted octanol–water partition coefficient (Wildman–Crippen LogP) is 1.05. The summed E-state index contributed by atoms with van der Waals surface area (Å²) in [6, 6.07) is 9.69. The van der Waals surface area contributed by atoms with Gasteiger partial charge in [0.05, 0.1) is 6.61 Å². The van der Waals surface area contributed by atoms with Gasteiger partial charge in [-0.1, -0.05) is 37.3 Å². The minimum atomic E-state index is -0.470. The molecule has 0 amide bonds. The fraction of sp³-hybridized carbons (Fsp3) is 0.412. The lowest BCUT2D eigenvalue weighted by Gasteiger charge is -2.16. The van der Waals surface area contributed by atoms with Crippen molar-refractivity contribution < 1.29 is 9.84 Å². The highest BCUT2D eigenvalue weighted by Crippen LogP contribution is 2.11. The van der Waals surface area contributed by atoms with Crippen LogP contribution in [0.2, 0.25) is 0 Å². The number of benzene rings is 1. The van der Waals surface area contributed by atoms with Crippen LogP contribution in [-0.4, -0.2) is 27.9 Å². The molecule has 0 aliphatic rings. The van der Waals surface area contributed by atoms with Crippen LogP contribution in [0.3, 0.4) is 0 Å². The standard InChI is InChI=1S/C17H22N2O4/c1-2-14-15(11-13-7-4-3-5-8-13)19(12-23-10-6-9-20)17(22)18-16(14)21/h3-5,7-8,20H,2,6,9-12H2,1H3,(H,18,21,22). The molecule has 0 bridgehead atoms. The number of aliphatic hydroxyl groups is 1. The first-order valence-corrected chi connectivity index (χ1v) is 7.74. The summed E-state index contributed by atoms with van der Waals surface area (Å²) in [7, 11) is 0. The Hall–Kier alpha value is -2.18. The molecular weight excluding hydrogens is 296 g/mol. The molecule has 0 fully saturated rings. The van der Waals surface area contributed by atoms with Crippen molar-refractivity contribution in [3.05, 3.63) is 68.0 Å². The molecule has 0 radical (unpaired) electrons. The number of ether oxygens (including phenoxy) is 1. The van der Waals surface area contributed by atoms with Gasteiger partial charge in [-0.15, -0.1) is 0 Å². The lowest BCUT2D eigenvalue weighted by molar-refractivity contribution is 0.0611. The van der Waals surface area contributed by atoms with Gasteiger partial charge in [-0.25, -0.2) is 4.79 Å². The monoisotopic (exact) mass is 318 g/mol. The zero-order valence-corrected chi connectivity index (χ0v) is 13.2. The van der Waals surface area contributed by atoms with Crippen molar-refractivity contribution in [2.24, 2.45) is 0 Å². The average Bonchev–Trinajstić information content (AvgIpc) is 2.55. The number of rotatable bonds is 8. The van der Waals surface area contributed by atoms with Crippen molar-refractivity contribution in [2.75, 3.05) is 13.2 Å². The van der Waals surface area contributed by atoms with Crippen LogP contribution in [0.5, 0.6) is 0 Å². The van der Waals surface area contributed by atoms with Crippen LogP contribution in [0.15, 0.2) is 39.9 Å². The number of aliphatic hydroxyl groups excluding tert-OH is 1. The first-order valence-electron chi connectivity index (χ1n) is 7.74. The third-order valence-corrected chi connectivity index (χ3v) is 3.65. The fourth-order valence-corrected chi connectivity index (χ4v) is 2.47. The number of aromatic nitrogens is 2. The van der Waals surface area contributed by atoms with Crippen LogP contribution < -0.4 is 11.2 Å². The van der Waals surface area contributed by atoms with Crippen molar-refractivity contribution in [3.8, 4) is 0 Å². The van der Waals surface area contributed by atoms with Crippen molar-refractivity contribution >= 4 is 0 Å². The van der Waals surface area contributed by atoms with Gasteiger partial charge in [0, 0.05) is 24.3 Å². The number of nitrogens with zero attached hydrogens (tertiary/aromatic N) is 1. The van der Waals surface area contributed by atoms with Crippen LogP contribution in [-0.2, 0) is 24.3 Å². The van der Waals surface area contributed by atoms with E-state index in [2.05, 4.69) is 4.98 Å². The molecule has 0 spiro atoms. The molecule has 2 aromatic rings. The third kappa shape index (κ3) is 4.40. The molecule has 23 heavy (non-hydrogen) atoms. The summed E-state index contributed by atoms with van der Waals surface area (Å²) in [6.45, 7) is 2.34. The van der Waals surface area contributed by atoms with E-state index >= 15 is 0 Å². The van der Waals surface area contributed by atoms with Crippen molar-refractivity contribution in [1.29, 1.82) is 0 Å². The molecule has 0 atom stereocenters. The number of H-pyrrole nitrogens is 1. The van der Waals surface area contributed by atoms with Crippen LogP contribution in [0.4, 0.5) is 0 Å². The Bertz CT molecular complexity index is 734. The molecule has 1 heterocycles. The first-order chi connectivity index (χ1) is 11.2. The van der Waals surface area contributed by atoms with Gasteiger partial charge in [0.15, 0.2) is 0 Å². The van der Waals surface area contributed by atoms with Gasteiger partial charge in [-0.3, -0.25) is 14.3 Å². The van der Waals surface area contributed by atoms with Gasteiger partial charge in [-0.05, 0) is 18.4 Å². The quantitative estimate of drug-likeness (QED) is 0.713. The number of hydrogen-bond donors (Lipinski definition) is 2. The van der Waals surface area contributed by atoms with Gasteiger partial charge in [0.2, 0.25) is 0 Å². The SMILES string of the molecule is CCc1c(Cc2ccccc2)n(COCCCO)c(=O)[nH]c1=O. The minimum Gasteiger partial charge on any atom is -0.396 e. The van der Waals surface area contributed by atoms with E-state index in [1.807, 2.05) is 37.3 Å². The maximum atomic E-state index is 12.2. The number of hydrogen-bond acceptors (Lipinski definition) is 4. The Balaban J connectivity index is 2.38. The maximum absolute atomic E-state index is 12.2. The van der Waals surface area contributed by atoms with Crippen LogP contribution in [0, 0.1) is 0 Å². The number of aromatic amines is 1. The second-order valence-corrected chi connectivity index (χ2v) is 5.24. The van der Waals surface area contributed by atoms with Gasteiger partial charge >= 0.3 is 5.69 Å². The molecule has 0 saturated heterocycles. The Morgan fingerprint density at radius 3 is 2.61 bits per heavy atom. The lowest BCUT2D eigenvalue weighted by Crippen LogP contribution is -2.36. The normalized spacial score (nSPS) is 10.9. The van der Waals surface area contributed by atoms with Crippen LogP contribution in [0.1, 0.15) is 30.2 Å². The summed E-state index contributed by atoms with van der Waals surface area (Å²) in [5, 5.41) is 8.79. The van der Waals surface area contributed by atoms with Gasteiger partial charge in [-0.2, -0.15) is 0 Å². The molecule has 0 aliphatic heterocycles. The summed E-state index contributed by atoms with van der Waals surface area (Å²) in [5.74, 6) is 0. The highest BCUT2D eigenvalue weighted by Gasteiger charge is 2.14. The Morgan fingerprint density at radius 2 is 1.96 bits per heavy atom. The average molecular weight is 318 g/mol. The zero-order valence-electron chi connectivity index (χ0n) is 13.2. The molecule has 124 valence electrons. The van der Waals surface area contributed by atoms with Crippen molar-refractivity contribution in [3.63, 3.8) is 0 Å². The van der Waals surface area contributed by atoms with Gasteiger partial charge < -0.3 is 9.84 Å². The summed E-state index contributed by atoms with van der Waals surface area (Å²) >= 11 is 0. The van der Waals surface area contributed by atoms with E-state index in [-0.39, 0.29) is 18.9 Å². The van der Waals surface area contributed by atoms with Gasteiger partial charge in [0.1, 0.15) is 6.73 Å². The van der Waals surface area contributed by atoms with E-state index in [1.165, 1.54) is 4.57 Å². The van der Waals surface area contributed by atoms with Gasteiger partial charge in [0.25, 0.3) is 5.56 Å². The fourth-order valence-electron chi connectivity index (χ4n) is 2.47. The van der Waals surface area contributed by atoms with Crippen LogP contribution >= 0.6 is 0 Å². The first kappa shape index (κ1) is 17.2. The molecule has 1 aromatic carbocycles. The smallest absolute Gasteiger partial charge is 0.330 e. The Kier molecular flexibility index (Phi) is 6.31. The molecule has 2 rings (SSSR count). The highest BCUT2D eigenvalue weighted by molar-refractivity contribution is 5.26. The van der Waals surface area contributed by atoms with E-state index in [0.29, 0.717) is 37.1 Å². The second kappa shape index (κ2) is 8.45. The molecule has 6 heteroatoms. The highest BCUT2D eigenvalue weighted by atomic mass is 16.5. The van der Waals surface area contributed by atoms with Crippen molar-refractivity contribution in [2.45, 2.75) is 32.9 Å². The van der Waals surface area contributed by atoms with E-state index < -0.39 is 5.69 Å². The molecule has 0 saturated carbocycles. The molecule has 2 N–H and O–H groups in total. The molecule has 0 aliphatic carbocycles. The largest absolute Gasteiger partial charge is 0.396 e. The topological polar surface area (TPSA) is 84.3 Å². The molecule has 6 nitrogen and oxygen atoms in total. The summed E-state index contributed by atoms with van der Waals surface area (Å²) in [6.07, 6.45) is 1.54. The lowest BCUT2D eigenvalue weighted by atomic mass is 10.0. The van der Waals surface area contributed by atoms with E-state index in [9.17, 15) is 9.59 Å². The summed E-state index contributed by atoms with van der Waals surface area (Å²) in [5.41, 5.74) is 1.49. The predicted molar refractivity (Wildman–Crippen MR) is 87.6 cm³/mol. The van der Waals surface area contributed by atoms with E-state index in [1.54, 1.807) is 0 Å². The Labute approximate surface area is 134 Å². The summed E-state index contributed by atoms with van der Waals surface area (Å²) < 4.78 is 6.90. The van der Waals surface area contributed by atoms with E-state index in [4.69, 9.17) is 9.84 Å². The molecular formula is C17H22N2O4.